The van der Waals surface area contributed by atoms with Crippen molar-refractivity contribution in [3.05, 3.63) is 54.8 Å². The third-order valence-electron chi connectivity index (χ3n) is 5.80. The SMILES string of the molecule is C=C1C=CN([C@@H]2O[C@H](CO[P@@](=O)(N[C@@H](C)C(=O)OC(C)C)Oc3ccccc3)[C@@H](OC)[C@]2(C)O)C(=O)C1. The van der Waals surface area contributed by atoms with Gasteiger partial charge >= 0.3 is 13.7 Å². The van der Waals surface area contributed by atoms with Crippen LogP contribution in [0.25, 0.3) is 0 Å². The summed E-state index contributed by atoms with van der Waals surface area (Å²) in [5.41, 5.74) is -0.995. The van der Waals surface area contributed by atoms with Crippen molar-refractivity contribution in [3.8, 4) is 5.75 Å². The molecule has 0 bridgehead atoms. The van der Waals surface area contributed by atoms with Crippen LogP contribution in [0.15, 0.2) is 54.8 Å². The summed E-state index contributed by atoms with van der Waals surface area (Å²) in [6.45, 7) is 9.78. The second kappa shape index (κ2) is 11.9. The number of ether oxygens (including phenoxy) is 3. The monoisotopic (exact) mass is 538 g/mol. The molecule has 1 aromatic rings. The van der Waals surface area contributed by atoms with Gasteiger partial charge in [-0.25, -0.2) is 4.57 Å². The largest absolute Gasteiger partial charge is 0.462 e. The van der Waals surface area contributed by atoms with E-state index in [4.69, 9.17) is 23.3 Å². The predicted molar refractivity (Wildman–Crippen MR) is 134 cm³/mol. The molecule has 0 aromatic heterocycles. The molecule has 0 radical (unpaired) electrons. The molecule has 2 aliphatic heterocycles. The molecule has 204 valence electrons. The third kappa shape index (κ3) is 7.07. The van der Waals surface area contributed by atoms with Crippen LogP contribution in [0.4, 0.5) is 0 Å². The standard InChI is InChI=1S/C25H35N2O9P/c1-16(2)34-23(29)18(4)26-37(31,36-19-10-8-7-9-11-19)33-15-20-22(32-6)25(5,30)24(35-20)27-13-12-17(3)14-21(27)28/h7-13,16,18,20,22,24,30H,3,14-15H2,1-2,4-6H3,(H,26,31)/t18-,20+,22+,24+,25-,37-/m0/s1. The van der Waals surface area contributed by atoms with Crippen LogP contribution in [0.3, 0.4) is 0 Å². The van der Waals surface area contributed by atoms with Crippen LogP contribution in [0.2, 0.25) is 0 Å². The number of benzene rings is 1. The van der Waals surface area contributed by atoms with Gasteiger partial charge in [0.2, 0.25) is 5.91 Å². The average molecular weight is 539 g/mol. The van der Waals surface area contributed by atoms with Crippen LogP contribution in [-0.2, 0) is 32.9 Å². The molecule has 0 spiro atoms. The Bertz CT molecular complexity index is 1060. The average Bonchev–Trinajstić information content (AvgIpc) is 3.07. The van der Waals surface area contributed by atoms with E-state index in [1.54, 1.807) is 50.3 Å². The Kier molecular flexibility index (Phi) is 9.33. The summed E-state index contributed by atoms with van der Waals surface area (Å²) in [5.74, 6) is -0.693. The number of hydrogen-bond donors (Lipinski definition) is 2. The minimum Gasteiger partial charge on any atom is -0.462 e. The molecule has 11 nitrogen and oxygen atoms in total. The quantitative estimate of drug-likeness (QED) is 0.320. The molecular formula is C25H35N2O9P. The van der Waals surface area contributed by atoms with E-state index in [0.717, 1.165) is 0 Å². The van der Waals surface area contributed by atoms with Crippen molar-refractivity contribution >= 4 is 19.6 Å². The fourth-order valence-electron chi connectivity index (χ4n) is 4.08. The third-order valence-corrected chi connectivity index (χ3v) is 7.44. The van der Waals surface area contributed by atoms with Gasteiger partial charge in [0.15, 0.2) is 6.23 Å². The van der Waals surface area contributed by atoms with Gasteiger partial charge in [-0.1, -0.05) is 24.8 Å². The Morgan fingerprint density at radius 2 is 2.00 bits per heavy atom. The molecule has 1 saturated heterocycles. The van der Waals surface area contributed by atoms with E-state index in [2.05, 4.69) is 11.7 Å². The minimum absolute atomic E-state index is 0.0830. The highest BCUT2D eigenvalue weighted by atomic mass is 31.2. The summed E-state index contributed by atoms with van der Waals surface area (Å²) in [7, 11) is -2.79. The van der Waals surface area contributed by atoms with E-state index in [1.807, 2.05) is 0 Å². The normalized spacial score (nSPS) is 28.3. The lowest BCUT2D eigenvalue weighted by atomic mass is 9.95. The van der Waals surface area contributed by atoms with E-state index in [0.29, 0.717) is 5.57 Å². The molecule has 1 aromatic carbocycles. The summed E-state index contributed by atoms with van der Waals surface area (Å²) < 4.78 is 41.8. The van der Waals surface area contributed by atoms with Crippen LogP contribution in [0.1, 0.15) is 34.1 Å². The first-order valence-corrected chi connectivity index (χ1v) is 13.5. The van der Waals surface area contributed by atoms with Crippen molar-refractivity contribution in [2.75, 3.05) is 13.7 Å². The number of carbonyl (C=O) groups is 2. The highest BCUT2D eigenvalue weighted by Crippen LogP contribution is 2.46. The van der Waals surface area contributed by atoms with Crippen LogP contribution in [0, 0.1) is 0 Å². The first-order chi connectivity index (χ1) is 17.4. The number of hydrogen-bond acceptors (Lipinski definition) is 9. The van der Waals surface area contributed by atoms with Crippen LogP contribution in [-0.4, -0.2) is 71.8 Å². The van der Waals surface area contributed by atoms with Crippen molar-refractivity contribution in [3.63, 3.8) is 0 Å². The van der Waals surface area contributed by atoms with Gasteiger partial charge in [-0.3, -0.25) is 19.0 Å². The lowest BCUT2D eigenvalue weighted by Crippen LogP contribution is -2.54. The summed E-state index contributed by atoms with van der Waals surface area (Å²) in [5, 5.41) is 13.9. The fourth-order valence-corrected chi connectivity index (χ4v) is 5.59. The number of esters is 1. The molecule has 6 atom stereocenters. The Labute approximate surface area is 216 Å². The number of para-hydroxylation sites is 1. The van der Waals surface area contributed by atoms with Crippen molar-refractivity contribution in [1.82, 2.24) is 9.99 Å². The number of aliphatic hydroxyl groups is 1. The first kappa shape index (κ1) is 29.0. The Morgan fingerprint density at radius 1 is 1.32 bits per heavy atom. The first-order valence-electron chi connectivity index (χ1n) is 11.9. The molecule has 0 saturated carbocycles. The number of nitrogens with one attached hydrogen (secondary N) is 1. The van der Waals surface area contributed by atoms with Gasteiger partial charge in [0.25, 0.3) is 0 Å². The summed E-state index contributed by atoms with van der Waals surface area (Å²) in [6.07, 6.45) is -0.109. The number of allylic oxidation sites excluding steroid dienone is 1. The highest BCUT2D eigenvalue weighted by molar-refractivity contribution is 7.52. The molecule has 0 aliphatic carbocycles. The number of nitrogens with zero attached hydrogens (tertiary/aromatic N) is 1. The second-order valence-corrected chi connectivity index (χ2v) is 11.1. The van der Waals surface area contributed by atoms with Crippen molar-refractivity contribution in [2.24, 2.45) is 0 Å². The molecular weight excluding hydrogens is 503 g/mol. The summed E-state index contributed by atoms with van der Waals surface area (Å²) in [4.78, 5) is 26.2. The number of methoxy groups -OCH3 is 1. The second-order valence-electron chi connectivity index (χ2n) is 9.39. The van der Waals surface area contributed by atoms with E-state index >= 15 is 0 Å². The predicted octanol–water partition coefficient (Wildman–Crippen LogP) is 2.91. The zero-order chi connectivity index (χ0) is 27.4. The summed E-state index contributed by atoms with van der Waals surface area (Å²) >= 11 is 0. The van der Waals surface area contributed by atoms with Crippen LogP contribution < -0.4 is 9.61 Å². The van der Waals surface area contributed by atoms with Gasteiger partial charge < -0.3 is 23.8 Å². The van der Waals surface area contributed by atoms with Gasteiger partial charge in [-0.2, -0.15) is 5.09 Å². The summed E-state index contributed by atoms with van der Waals surface area (Å²) in [6, 6.07) is 7.29. The van der Waals surface area contributed by atoms with Gasteiger partial charge in [0, 0.05) is 13.3 Å². The van der Waals surface area contributed by atoms with E-state index in [9.17, 15) is 19.3 Å². The van der Waals surface area contributed by atoms with E-state index < -0.39 is 43.8 Å². The molecule has 12 heteroatoms. The number of carbonyl (C=O) groups excluding carboxylic acids is 2. The van der Waals surface area contributed by atoms with Gasteiger partial charge in [0.05, 0.1) is 19.1 Å². The van der Waals surface area contributed by atoms with Gasteiger partial charge in [-0.05, 0) is 51.5 Å². The van der Waals surface area contributed by atoms with Crippen molar-refractivity contribution < 1.29 is 42.5 Å². The lowest BCUT2D eigenvalue weighted by molar-refractivity contribution is -0.156. The Hall–Kier alpha value is -2.53. The molecule has 2 N–H and O–H groups in total. The smallest absolute Gasteiger partial charge is 0.459 e. The maximum absolute atomic E-state index is 13.8. The maximum Gasteiger partial charge on any atom is 0.459 e. The van der Waals surface area contributed by atoms with E-state index in [-0.39, 0.29) is 30.8 Å². The van der Waals surface area contributed by atoms with Crippen molar-refractivity contribution in [2.45, 2.75) is 70.3 Å². The Balaban J connectivity index is 1.79. The molecule has 0 unspecified atom stereocenters. The molecule has 2 aliphatic rings. The zero-order valence-corrected chi connectivity index (χ0v) is 22.6. The van der Waals surface area contributed by atoms with Gasteiger partial charge in [0.1, 0.15) is 29.6 Å². The molecule has 1 fully saturated rings. The topological polar surface area (TPSA) is 133 Å². The highest BCUT2D eigenvalue weighted by Gasteiger charge is 2.57. The van der Waals surface area contributed by atoms with Crippen LogP contribution in [0.5, 0.6) is 5.75 Å². The molecule has 1 amide bonds. The fraction of sp³-hybridized carbons (Fsp3) is 0.520. The maximum atomic E-state index is 13.8. The van der Waals surface area contributed by atoms with Crippen molar-refractivity contribution in [1.29, 1.82) is 0 Å². The number of amides is 1. The van der Waals surface area contributed by atoms with Crippen LogP contribution >= 0.6 is 7.75 Å². The van der Waals surface area contributed by atoms with E-state index in [1.165, 1.54) is 32.1 Å². The molecule has 37 heavy (non-hydrogen) atoms. The minimum atomic E-state index is -4.17. The molecule has 2 heterocycles. The number of rotatable bonds is 11. The lowest BCUT2D eigenvalue weighted by Gasteiger charge is -2.35. The molecule has 3 rings (SSSR count). The Morgan fingerprint density at radius 3 is 2.59 bits per heavy atom. The van der Waals surface area contributed by atoms with Gasteiger partial charge in [-0.15, -0.1) is 0 Å². The zero-order valence-electron chi connectivity index (χ0n) is 21.7.